The summed E-state index contributed by atoms with van der Waals surface area (Å²) in [6.45, 7) is 0. The molecule has 0 saturated carbocycles. The molecule has 0 N–H and O–H groups in total. The van der Waals surface area contributed by atoms with Gasteiger partial charge < -0.3 is 0 Å². The van der Waals surface area contributed by atoms with Crippen molar-refractivity contribution in [3.63, 3.8) is 0 Å². The third kappa shape index (κ3) is 6.66. The van der Waals surface area contributed by atoms with Crippen molar-refractivity contribution in [2.24, 2.45) is 0 Å². The Morgan fingerprint density at radius 1 is 1.71 bits per heavy atom. The van der Waals surface area contributed by atoms with Gasteiger partial charge in [0, 0.05) is 6.42 Å². The summed E-state index contributed by atoms with van der Waals surface area (Å²) in [5, 5.41) is -0.394. The van der Waals surface area contributed by atoms with Crippen LogP contribution in [-0.2, 0) is 4.79 Å². The second-order valence-electron chi connectivity index (χ2n) is 1.04. The second kappa shape index (κ2) is 3.64. The molecule has 7 heavy (non-hydrogen) atoms. The minimum absolute atomic E-state index is 0.216. The maximum absolute atomic E-state index is 9.92. The van der Waals surface area contributed by atoms with Crippen LogP contribution in [0.2, 0.25) is 0 Å². The molecule has 0 aromatic heterocycles. The van der Waals surface area contributed by atoms with Gasteiger partial charge in [-0.2, -0.15) is 25.3 Å². The fraction of sp³-hybridized carbons (Fsp3) is 0.667. The molecule has 0 rings (SSSR count). The molecule has 0 atom stereocenters. The molecular formula is C3H5ClOS2. The van der Waals surface area contributed by atoms with Gasteiger partial charge in [-0.1, -0.05) is 0 Å². The summed E-state index contributed by atoms with van der Waals surface area (Å²) in [6, 6.07) is 0. The lowest BCUT2D eigenvalue weighted by Crippen LogP contribution is -1.93. The number of halogens is 1. The summed E-state index contributed by atoms with van der Waals surface area (Å²) >= 11 is 12.5. The van der Waals surface area contributed by atoms with Crippen LogP contribution in [0, 0.1) is 0 Å². The first-order chi connectivity index (χ1) is 3.13. The molecule has 1 nitrogen and oxygen atoms in total. The maximum Gasteiger partial charge on any atom is 0.223 e. The normalized spacial score (nSPS) is 9.71. The van der Waals surface area contributed by atoms with Gasteiger partial charge in [0.15, 0.2) is 0 Å². The number of thiol groups is 2. The smallest absolute Gasteiger partial charge is 0.223 e. The van der Waals surface area contributed by atoms with Crippen molar-refractivity contribution in [2.45, 2.75) is 11.0 Å². The van der Waals surface area contributed by atoms with Crippen LogP contribution in [0.15, 0.2) is 0 Å². The SMILES string of the molecule is O=C(Cl)CC(S)S. The minimum Gasteiger partial charge on any atom is -0.281 e. The summed E-state index contributed by atoms with van der Waals surface area (Å²) in [6.07, 6.45) is 0.216. The van der Waals surface area contributed by atoms with E-state index in [0.29, 0.717) is 0 Å². The Kier molecular flexibility index (Phi) is 3.98. The van der Waals surface area contributed by atoms with E-state index in [1.807, 2.05) is 0 Å². The van der Waals surface area contributed by atoms with Crippen LogP contribution in [-0.4, -0.2) is 9.82 Å². The van der Waals surface area contributed by atoms with Gasteiger partial charge in [0.25, 0.3) is 0 Å². The van der Waals surface area contributed by atoms with E-state index in [4.69, 9.17) is 11.6 Å². The quantitative estimate of drug-likeness (QED) is 0.351. The summed E-state index contributed by atoms with van der Waals surface area (Å²) < 4.78 is -0.218. The molecule has 0 aromatic carbocycles. The third-order valence-corrected chi connectivity index (χ3v) is 0.863. The Morgan fingerprint density at radius 2 is 2.14 bits per heavy atom. The van der Waals surface area contributed by atoms with Gasteiger partial charge in [-0.15, -0.1) is 0 Å². The molecule has 0 amide bonds. The molecule has 0 aliphatic carbocycles. The molecule has 0 bridgehead atoms. The van der Waals surface area contributed by atoms with Crippen molar-refractivity contribution >= 4 is 42.1 Å². The van der Waals surface area contributed by atoms with Crippen LogP contribution in [0.3, 0.4) is 0 Å². The van der Waals surface area contributed by atoms with E-state index in [9.17, 15) is 4.79 Å². The fourth-order valence-electron chi connectivity index (χ4n) is 0.144. The van der Waals surface area contributed by atoms with E-state index < -0.39 is 5.24 Å². The van der Waals surface area contributed by atoms with Gasteiger partial charge in [-0.05, 0) is 11.6 Å². The van der Waals surface area contributed by atoms with E-state index in [-0.39, 0.29) is 11.0 Å². The van der Waals surface area contributed by atoms with Crippen LogP contribution in [0.4, 0.5) is 0 Å². The first-order valence-electron chi connectivity index (χ1n) is 1.67. The number of carbonyl (C=O) groups is 1. The van der Waals surface area contributed by atoms with Crippen LogP contribution in [0.25, 0.3) is 0 Å². The van der Waals surface area contributed by atoms with Crippen molar-refractivity contribution < 1.29 is 4.79 Å². The third-order valence-electron chi connectivity index (χ3n) is 0.343. The molecule has 42 valence electrons. The second-order valence-corrected chi connectivity index (χ2v) is 3.12. The van der Waals surface area contributed by atoms with Gasteiger partial charge in [0.1, 0.15) is 0 Å². The maximum atomic E-state index is 9.92. The number of hydrogen-bond donors (Lipinski definition) is 2. The van der Waals surface area contributed by atoms with Crippen molar-refractivity contribution in [1.29, 1.82) is 0 Å². The van der Waals surface area contributed by atoms with Gasteiger partial charge in [-0.3, -0.25) is 4.79 Å². The highest BCUT2D eigenvalue weighted by atomic mass is 35.5. The number of carbonyl (C=O) groups excluding carboxylic acids is 1. The Morgan fingerprint density at radius 3 is 2.14 bits per heavy atom. The largest absolute Gasteiger partial charge is 0.281 e. The lowest BCUT2D eigenvalue weighted by molar-refractivity contribution is -0.111. The summed E-state index contributed by atoms with van der Waals surface area (Å²) in [4.78, 5) is 9.92. The first kappa shape index (κ1) is 7.66. The highest BCUT2D eigenvalue weighted by Gasteiger charge is 1.99. The molecule has 0 aliphatic rings. The molecule has 0 aliphatic heterocycles. The Bertz CT molecular complexity index is 73.3. The number of hydrogen-bond acceptors (Lipinski definition) is 3. The monoisotopic (exact) mass is 156 g/mol. The zero-order valence-corrected chi connectivity index (χ0v) is 6.01. The van der Waals surface area contributed by atoms with Crippen LogP contribution < -0.4 is 0 Å². The molecule has 0 aromatic rings. The van der Waals surface area contributed by atoms with E-state index in [2.05, 4.69) is 25.3 Å². The Hall–Kier alpha value is 0.660. The van der Waals surface area contributed by atoms with Crippen molar-refractivity contribution in [1.82, 2.24) is 0 Å². The van der Waals surface area contributed by atoms with Crippen LogP contribution >= 0.6 is 36.9 Å². The minimum atomic E-state index is -0.394. The lowest BCUT2D eigenvalue weighted by atomic mass is 10.5. The Labute approximate surface area is 58.2 Å². The standard InChI is InChI=1S/C3H5ClOS2/c4-2(5)1-3(6)7/h3,6-7H,1H2. The molecule has 0 radical (unpaired) electrons. The summed E-state index contributed by atoms with van der Waals surface area (Å²) in [5.41, 5.74) is 0. The predicted molar refractivity (Wildman–Crippen MR) is 37.2 cm³/mol. The van der Waals surface area contributed by atoms with Crippen LogP contribution in [0.1, 0.15) is 6.42 Å². The highest BCUT2D eigenvalue weighted by molar-refractivity contribution is 7.99. The summed E-state index contributed by atoms with van der Waals surface area (Å²) in [5.74, 6) is 0. The molecule has 4 heteroatoms. The molecule has 0 spiro atoms. The Balaban J connectivity index is 3.13. The highest BCUT2D eigenvalue weighted by Crippen LogP contribution is 2.06. The average Bonchev–Trinajstić information content (AvgIpc) is 1.27. The zero-order valence-electron chi connectivity index (χ0n) is 3.47. The van der Waals surface area contributed by atoms with Crippen molar-refractivity contribution in [3.8, 4) is 0 Å². The number of rotatable bonds is 2. The van der Waals surface area contributed by atoms with Crippen LogP contribution in [0.5, 0.6) is 0 Å². The lowest BCUT2D eigenvalue weighted by Gasteiger charge is -1.92. The van der Waals surface area contributed by atoms with E-state index in [1.165, 1.54) is 0 Å². The molecular weight excluding hydrogens is 152 g/mol. The van der Waals surface area contributed by atoms with Gasteiger partial charge in [-0.25, -0.2) is 0 Å². The van der Waals surface area contributed by atoms with E-state index in [0.717, 1.165) is 0 Å². The van der Waals surface area contributed by atoms with Gasteiger partial charge in [0.2, 0.25) is 5.24 Å². The van der Waals surface area contributed by atoms with Gasteiger partial charge >= 0.3 is 0 Å². The fourth-order valence-corrected chi connectivity index (χ4v) is 0.845. The predicted octanol–water partition coefficient (Wildman–Crippen LogP) is 1.33. The zero-order chi connectivity index (χ0) is 5.86. The topological polar surface area (TPSA) is 17.1 Å². The average molecular weight is 157 g/mol. The van der Waals surface area contributed by atoms with Crippen molar-refractivity contribution in [2.75, 3.05) is 0 Å². The molecule has 0 heterocycles. The van der Waals surface area contributed by atoms with Gasteiger partial charge in [0.05, 0.1) is 4.58 Å². The van der Waals surface area contributed by atoms with E-state index in [1.54, 1.807) is 0 Å². The van der Waals surface area contributed by atoms with E-state index >= 15 is 0 Å². The first-order valence-corrected chi connectivity index (χ1v) is 3.08. The molecule has 0 saturated heterocycles. The summed E-state index contributed by atoms with van der Waals surface area (Å²) in [7, 11) is 0. The molecule has 0 unspecified atom stereocenters. The van der Waals surface area contributed by atoms with Crippen molar-refractivity contribution in [3.05, 3.63) is 0 Å². The molecule has 0 fully saturated rings.